The van der Waals surface area contributed by atoms with Crippen LogP contribution in [0, 0.1) is 15.9 Å². The molecule has 180 valence electrons. The number of halogens is 1. The lowest BCUT2D eigenvalue weighted by molar-refractivity contribution is -0.402. The van der Waals surface area contributed by atoms with E-state index in [0.717, 1.165) is 11.8 Å². The molecule has 0 spiro atoms. The van der Waals surface area contributed by atoms with E-state index in [1.807, 2.05) is 0 Å². The molecule has 0 aliphatic heterocycles. The first-order chi connectivity index (χ1) is 17.0. The quantitative estimate of drug-likeness (QED) is 0.171. The predicted octanol–water partition coefficient (Wildman–Crippen LogP) is 5.36. The molecule has 2 aromatic heterocycles. The van der Waals surface area contributed by atoms with Crippen molar-refractivity contribution in [1.29, 1.82) is 0 Å². The highest BCUT2D eigenvalue weighted by molar-refractivity contribution is 8.02. The van der Waals surface area contributed by atoms with Gasteiger partial charge in [-0.3, -0.25) is 14.7 Å². The number of hydrogen-bond donors (Lipinski definition) is 0. The number of rotatable bonds is 9. The number of ether oxygens (including phenoxy) is 3. The highest BCUT2D eigenvalue weighted by Crippen LogP contribution is 2.42. The Labute approximate surface area is 203 Å². The maximum absolute atomic E-state index is 14.9. The van der Waals surface area contributed by atoms with Crippen molar-refractivity contribution in [2.45, 2.75) is 5.16 Å². The number of para-hydroxylation sites is 1. The Morgan fingerprint density at radius 1 is 1.06 bits per heavy atom. The van der Waals surface area contributed by atoms with E-state index in [1.54, 1.807) is 40.3 Å². The van der Waals surface area contributed by atoms with Crippen LogP contribution in [0.2, 0.25) is 0 Å². The molecule has 0 radical (unpaired) electrons. The number of nitrogens with zero attached hydrogens (tertiary/aromatic N) is 4. The second-order valence-electron chi connectivity index (χ2n) is 6.86. The number of benzene rings is 2. The molecule has 35 heavy (non-hydrogen) atoms. The molecule has 0 fully saturated rings. The van der Waals surface area contributed by atoms with Gasteiger partial charge in [0.1, 0.15) is 16.5 Å². The third kappa shape index (κ3) is 4.82. The van der Waals surface area contributed by atoms with E-state index in [1.165, 1.54) is 45.6 Å². The number of nitro groups is 1. The van der Waals surface area contributed by atoms with Gasteiger partial charge in [0.2, 0.25) is 5.75 Å². The summed E-state index contributed by atoms with van der Waals surface area (Å²) in [4.78, 5) is 10.2. The summed E-state index contributed by atoms with van der Waals surface area (Å²) in [5, 5.41) is 21.3. The van der Waals surface area contributed by atoms with E-state index in [9.17, 15) is 14.5 Å². The Hall–Kier alpha value is -4.32. The van der Waals surface area contributed by atoms with Crippen molar-refractivity contribution < 1.29 is 27.9 Å². The van der Waals surface area contributed by atoms with Crippen molar-refractivity contribution in [3.05, 3.63) is 75.6 Å². The highest BCUT2D eigenvalue weighted by Gasteiger charge is 2.22. The summed E-state index contributed by atoms with van der Waals surface area (Å²) in [6, 6.07) is 12.3. The Kier molecular flexibility index (Phi) is 7.01. The molecule has 0 aliphatic carbocycles. The fraction of sp³-hybridized carbons (Fsp3) is 0.130. The molecule has 0 atom stereocenters. The largest absolute Gasteiger partial charge is 0.493 e. The van der Waals surface area contributed by atoms with E-state index in [0.29, 0.717) is 33.8 Å². The molecule has 2 aromatic carbocycles. The van der Waals surface area contributed by atoms with Gasteiger partial charge in [-0.25, -0.2) is 4.39 Å². The van der Waals surface area contributed by atoms with Crippen LogP contribution in [0.3, 0.4) is 0 Å². The van der Waals surface area contributed by atoms with Crippen molar-refractivity contribution in [2.75, 3.05) is 21.3 Å². The summed E-state index contributed by atoms with van der Waals surface area (Å²) in [5.41, 5.74) is 0.776. The maximum Gasteiger partial charge on any atom is 0.433 e. The molecular formula is C23H19FN4O6S. The van der Waals surface area contributed by atoms with Crippen LogP contribution < -0.4 is 14.2 Å². The molecule has 0 saturated carbocycles. The molecule has 0 aliphatic rings. The average molecular weight is 498 g/mol. The smallest absolute Gasteiger partial charge is 0.433 e. The molecule has 0 saturated heterocycles. The molecule has 0 unspecified atom stereocenters. The molecule has 2 heterocycles. The summed E-state index contributed by atoms with van der Waals surface area (Å²) < 4.78 is 37.8. The zero-order valence-corrected chi connectivity index (χ0v) is 19.6. The number of aromatic nitrogens is 3. The Morgan fingerprint density at radius 3 is 2.37 bits per heavy atom. The third-order valence-corrected chi connectivity index (χ3v) is 5.60. The summed E-state index contributed by atoms with van der Waals surface area (Å²) in [5.74, 6) is 0.977. The van der Waals surface area contributed by atoms with Gasteiger partial charge in [-0.1, -0.05) is 23.9 Å². The normalized spacial score (nSPS) is 11.1. The van der Waals surface area contributed by atoms with Gasteiger partial charge < -0.3 is 18.6 Å². The van der Waals surface area contributed by atoms with Gasteiger partial charge in [-0.15, -0.1) is 10.2 Å². The van der Waals surface area contributed by atoms with Crippen molar-refractivity contribution in [3.63, 3.8) is 0 Å². The standard InChI is InChI=1S/C23H19FN4O6S/c1-31-18-12-14(13-19(32-2)21(18)33-3)22-25-26-23(27(22)17-7-5-4-6-16(17)24)35-11-10-15-8-9-20(34-15)28(29)30/h4-13H,1-3H3. The Bertz CT molecular complexity index is 1380. The summed E-state index contributed by atoms with van der Waals surface area (Å²) >= 11 is 1.13. The minimum absolute atomic E-state index is 0.228. The lowest BCUT2D eigenvalue weighted by Crippen LogP contribution is -2.03. The number of methoxy groups -OCH3 is 3. The zero-order valence-electron chi connectivity index (χ0n) is 18.8. The lowest BCUT2D eigenvalue weighted by Gasteiger charge is -2.15. The fourth-order valence-electron chi connectivity index (χ4n) is 3.29. The molecule has 4 aromatic rings. The summed E-state index contributed by atoms with van der Waals surface area (Å²) in [6.07, 6.45) is 1.54. The van der Waals surface area contributed by atoms with E-state index in [4.69, 9.17) is 18.6 Å². The van der Waals surface area contributed by atoms with Crippen LogP contribution in [-0.4, -0.2) is 41.0 Å². The SMILES string of the molecule is COc1cc(-c2nnc(SC=Cc3ccc([N+](=O)[O-])o3)n2-c2ccccc2F)cc(OC)c1OC. The van der Waals surface area contributed by atoms with Gasteiger partial charge in [-0.2, -0.15) is 0 Å². The van der Waals surface area contributed by atoms with Crippen molar-refractivity contribution in [2.24, 2.45) is 0 Å². The first-order valence-electron chi connectivity index (χ1n) is 10.0. The van der Waals surface area contributed by atoms with E-state index < -0.39 is 10.7 Å². The average Bonchev–Trinajstić information content (AvgIpc) is 3.51. The van der Waals surface area contributed by atoms with Gasteiger partial charge in [0.25, 0.3) is 0 Å². The fourth-order valence-corrected chi connectivity index (χ4v) is 3.99. The monoisotopic (exact) mass is 498 g/mol. The number of furan rings is 1. The van der Waals surface area contributed by atoms with Gasteiger partial charge in [0, 0.05) is 5.56 Å². The summed E-state index contributed by atoms with van der Waals surface area (Å²) in [6.45, 7) is 0. The van der Waals surface area contributed by atoms with E-state index in [-0.39, 0.29) is 17.3 Å². The molecule has 10 nitrogen and oxygen atoms in total. The minimum Gasteiger partial charge on any atom is -0.493 e. The lowest BCUT2D eigenvalue weighted by atomic mass is 10.1. The number of thioether (sulfide) groups is 1. The van der Waals surface area contributed by atoms with Gasteiger partial charge >= 0.3 is 5.88 Å². The van der Waals surface area contributed by atoms with Crippen molar-refractivity contribution in [1.82, 2.24) is 14.8 Å². The van der Waals surface area contributed by atoms with Crippen LogP contribution in [0.15, 0.2) is 63.5 Å². The minimum atomic E-state index is -0.622. The molecule has 0 amide bonds. The number of hydrogen-bond acceptors (Lipinski definition) is 9. The maximum atomic E-state index is 14.9. The predicted molar refractivity (Wildman–Crippen MR) is 127 cm³/mol. The Morgan fingerprint density at radius 2 is 1.77 bits per heavy atom. The van der Waals surface area contributed by atoms with Gasteiger partial charge in [0.05, 0.1) is 33.1 Å². The van der Waals surface area contributed by atoms with Crippen LogP contribution in [0.4, 0.5) is 10.3 Å². The first kappa shape index (κ1) is 23.8. The molecular weight excluding hydrogens is 479 g/mol. The van der Waals surface area contributed by atoms with Gasteiger partial charge in [0.15, 0.2) is 22.5 Å². The van der Waals surface area contributed by atoms with Crippen molar-refractivity contribution in [3.8, 4) is 34.3 Å². The van der Waals surface area contributed by atoms with Gasteiger partial charge in [-0.05, 0) is 41.8 Å². The van der Waals surface area contributed by atoms with Crippen LogP contribution >= 0.6 is 11.8 Å². The second-order valence-corrected chi connectivity index (χ2v) is 7.73. The van der Waals surface area contributed by atoms with Crippen LogP contribution in [-0.2, 0) is 0 Å². The van der Waals surface area contributed by atoms with E-state index >= 15 is 0 Å². The molecule has 0 bridgehead atoms. The van der Waals surface area contributed by atoms with Crippen molar-refractivity contribution >= 4 is 23.7 Å². The highest BCUT2D eigenvalue weighted by atomic mass is 32.2. The molecule has 4 rings (SSSR count). The van der Waals surface area contributed by atoms with Crippen LogP contribution in [0.25, 0.3) is 23.2 Å². The van der Waals surface area contributed by atoms with E-state index in [2.05, 4.69) is 10.2 Å². The first-order valence-corrected chi connectivity index (χ1v) is 10.9. The molecule has 0 N–H and O–H groups in total. The topological polar surface area (TPSA) is 115 Å². The van der Waals surface area contributed by atoms with Crippen LogP contribution in [0.5, 0.6) is 17.2 Å². The Balaban J connectivity index is 1.79. The van der Waals surface area contributed by atoms with Crippen LogP contribution in [0.1, 0.15) is 5.76 Å². The molecule has 12 heteroatoms. The summed E-state index contributed by atoms with van der Waals surface area (Å²) in [7, 11) is 4.48. The second kappa shape index (κ2) is 10.3. The third-order valence-electron chi connectivity index (χ3n) is 4.85. The zero-order chi connectivity index (χ0) is 24.9.